The van der Waals surface area contributed by atoms with Gasteiger partial charge in [0.15, 0.2) is 0 Å². The number of hydrogen-bond donors (Lipinski definition) is 0. The average Bonchev–Trinajstić information content (AvgIpc) is 2.51. The summed E-state index contributed by atoms with van der Waals surface area (Å²) in [6.45, 7) is 2.09. The van der Waals surface area contributed by atoms with Gasteiger partial charge >= 0.3 is 0 Å². The van der Waals surface area contributed by atoms with E-state index in [1.54, 1.807) is 0 Å². The molecule has 0 aliphatic carbocycles. The Morgan fingerprint density at radius 2 is 1.52 bits per heavy atom. The van der Waals surface area contributed by atoms with Gasteiger partial charge in [0.25, 0.3) is 0 Å². The van der Waals surface area contributed by atoms with E-state index in [0.29, 0.717) is 0 Å². The van der Waals surface area contributed by atoms with Crippen LogP contribution in [0, 0.1) is 6.92 Å². The van der Waals surface area contributed by atoms with E-state index in [0.717, 1.165) is 23.1 Å². The van der Waals surface area contributed by atoms with E-state index >= 15 is 0 Å². The van der Waals surface area contributed by atoms with Crippen LogP contribution in [-0.2, 0) is 6.42 Å². The topological polar surface area (TPSA) is 25.8 Å². The van der Waals surface area contributed by atoms with Gasteiger partial charge in [-0.1, -0.05) is 35.2 Å². The Balaban J connectivity index is 1.89. The number of hydrogen-bond acceptors (Lipinski definition) is 2. The summed E-state index contributed by atoms with van der Waals surface area (Å²) in [4.78, 5) is 8.87. The molecule has 0 unspecified atom stereocenters. The van der Waals surface area contributed by atoms with Crippen LogP contribution in [0.5, 0.6) is 0 Å². The van der Waals surface area contributed by atoms with Gasteiger partial charge in [-0.15, -0.1) is 0 Å². The molecule has 2 aromatic heterocycles. The van der Waals surface area contributed by atoms with Crippen LogP contribution in [0.3, 0.4) is 0 Å². The highest BCUT2D eigenvalue weighted by atomic mass is 79.9. The van der Waals surface area contributed by atoms with Crippen molar-refractivity contribution in [2.45, 2.75) is 45.4 Å². The van der Waals surface area contributed by atoms with E-state index in [-0.39, 0.29) is 0 Å². The summed E-state index contributed by atoms with van der Waals surface area (Å²) >= 11 is 3.48. The first-order valence-electron chi connectivity index (χ1n) is 7.73. The van der Waals surface area contributed by atoms with Gasteiger partial charge in [0.1, 0.15) is 0 Å². The number of aromatic nitrogens is 2. The van der Waals surface area contributed by atoms with Crippen LogP contribution in [-0.4, -0.2) is 15.3 Å². The standard InChI is InChI=1S/C18H23BrN2/c1-15-8-11-20-17(13-15)18-14-16(9-12-21-18)7-5-3-2-4-6-10-19/h8-9,11-14H,2-7,10H2,1H3. The first-order chi connectivity index (χ1) is 10.3. The maximum Gasteiger partial charge on any atom is 0.0888 e. The van der Waals surface area contributed by atoms with Crippen molar-refractivity contribution in [2.75, 3.05) is 5.33 Å². The largest absolute Gasteiger partial charge is 0.255 e. The molecular formula is C18H23BrN2. The summed E-state index contributed by atoms with van der Waals surface area (Å²) in [7, 11) is 0. The molecule has 0 atom stereocenters. The maximum atomic E-state index is 4.45. The second-order valence-corrected chi connectivity index (χ2v) is 6.27. The quantitative estimate of drug-likeness (QED) is 0.476. The first kappa shape index (κ1) is 16.2. The van der Waals surface area contributed by atoms with Crippen LogP contribution < -0.4 is 0 Å². The molecule has 2 nitrogen and oxygen atoms in total. The zero-order valence-electron chi connectivity index (χ0n) is 12.7. The third-order valence-corrected chi connectivity index (χ3v) is 4.16. The van der Waals surface area contributed by atoms with Crippen molar-refractivity contribution in [3.8, 4) is 11.4 Å². The molecule has 0 amide bonds. The van der Waals surface area contributed by atoms with Crippen LogP contribution in [0.4, 0.5) is 0 Å². The van der Waals surface area contributed by atoms with Crippen LogP contribution in [0.25, 0.3) is 11.4 Å². The molecule has 0 bridgehead atoms. The molecule has 0 aliphatic heterocycles. The van der Waals surface area contributed by atoms with Crippen LogP contribution >= 0.6 is 15.9 Å². The maximum absolute atomic E-state index is 4.45. The molecule has 0 fully saturated rings. The van der Waals surface area contributed by atoms with Gasteiger partial charge in [0.2, 0.25) is 0 Å². The highest BCUT2D eigenvalue weighted by Gasteiger charge is 2.02. The minimum Gasteiger partial charge on any atom is -0.255 e. The number of halogens is 1. The Bertz CT molecular complexity index is 554. The molecule has 21 heavy (non-hydrogen) atoms. The van der Waals surface area contributed by atoms with Gasteiger partial charge in [0.05, 0.1) is 11.4 Å². The van der Waals surface area contributed by atoms with Gasteiger partial charge in [0, 0.05) is 17.7 Å². The molecule has 0 radical (unpaired) electrons. The van der Waals surface area contributed by atoms with Gasteiger partial charge in [-0.05, 0) is 61.6 Å². The first-order valence-corrected chi connectivity index (χ1v) is 8.85. The van der Waals surface area contributed by atoms with Crippen molar-refractivity contribution in [2.24, 2.45) is 0 Å². The fourth-order valence-electron chi connectivity index (χ4n) is 2.40. The van der Waals surface area contributed by atoms with Crippen LogP contribution in [0.15, 0.2) is 36.7 Å². The lowest BCUT2D eigenvalue weighted by Crippen LogP contribution is -1.92. The Kier molecular flexibility index (Phi) is 6.87. The summed E-state index contributed by atoms with van der Waals surface area (Å²) in [6, 6.07) is 8.41. The average molecular weight is 347 g/mol. The molecule has 0 aromatic carbocycles. The molecule has 0 saturated carbocycles. The normalized spacial score (nSPS) is 10.8. The molecule has 0 spiro atoms. The predicted molar refractivity (Wildman–Crippen MR) is 92.8 cm³/mol. The SMILES string of the molecule is Cc1ccnc(-c2cc(CCCCCCCBr)ccn2)c1. The molecule has 2 aromatic rings. The third kappa shape index (κ3) is 5.58. The molecular weight excluding hydrogens is 324 g/mol. The number of rotatable bonds is 8. The van der Waals surface area contributed by atoms with Crippen molar-refractivity contribution in [1.82, 2.24) is 9.97 Å². The van der Waals surface area contributed by atoms with Crippen LogP contribution in [0.1, 0.15) is 43.2 Å². The number of alkyl halides is 1. The molecule has 3 heteroatoms. The molecule has 0 saturated heterocycles. The predicted octanol–water partition coefficient (Wildman–Crippen LogP) is 5.34. The molecule has 2 heterocycles. The number of aryl methyl sites for hydroxylation is 2. The Hall–Kier alpha value is -1.22. The summed E-state index contributed by atoms with van der Waals surface area (Å²) in [5.74, 6) is 0. The van der Waals surface area contributed by atoms with E-state index < -0.39 is 0 Å². The number of pyridine rings is 2. The van der Waals surface area contributed by atoms with Crippen molar-refractivity contribution in [3.63, 3.8) is 0 Å². The summed E-state index contributed by atoms with van der Waals surface area (Å²) in [5.41, 5.74) is 4.53. The molecule has 2 rings (SSSR count). The lowest BCUT2D eigenvalue weighted by molar-refractivity contribution is 0.635. The van der Waals surface area contributed by atoms with E-state index in [4.69, 9.17) is 0 Å². The minimum absolute atomic E-state index is 0.967. The minimum atomic E-state index is 0.967. The highest BCUT2D eigenvalue weighted by Crippen LogP contribution is 2.18. The molecule has 112 valence electrons. The zero-order valence-corrected chi connectivity index (χ0v) is 14.3. The summed E-state index contributed by atoms with van der Waals surface area (Å²) < 4.78 is 0. The Morgan fingerprint density at radius 3 is 2.29 bits per heavy atom. The van der Waals surface area contributed by atoms with Crippen molar-refractivity contribution < 1.29 is 0 Å². The fraction of sp³-hybridized carbons (Fsp3) is 0.444. The molecule has 0 N–H and O–H groups in total. The smallest absolute Gasteiger partial charge is 0.0888 e. The number of nitrogens with zero attached hydrogens (tertiary/aromatic N) is 2. The Morgan fingerprint density at radius 1 is 0.857 bits per heavy atom. The van der Waals surface area contributed by atoms with Crippen molar-refractivity contribution >= 4 is 15.9 Å². The van der Waals surface area contributed by atoms with E-state index in [2.05, 4.69) is 51.0 Å². The third-order valence-electron chi connectivity index (χ3n) is 3.60. The van der Waals surface area contributed by atoms with E-state index in [9.17, 15) is 0 Å². The number of unbranched alkanes of at least 4 members (excludes halogenated alkanes) is 4. The van der Waals surface area contributed by atoms with Gasteiger partial charge in [-0.25, -0.2) is 0 Å². The van der Waals surface area contributed by atoms with E-state index in [1.165, 1.54) is 43.2 Å². The second-order valence-electron chi connectivity index (χ2n) is 5.47. The van der Waals surface area contributed by atoms with Crippen molar-refractivity contribution in [3.05, 3.63) is 47.8 Å². The van der Waals surface area contributed by atoms with Crippen LogP contribution in [0.2, 0.25) is 0 Å². The fourth-order valence-corrected chi connectivity index (χ4v) is 2.80. The second kappa shape index (κ2) is 8.93. The monoisotopic (exact) mass is 346 g/mol. The van der Waals surface area contributed by atoms with Gasteiger partial charge < -0.3 is 0 Å². The lowest BCUT2D eigenvalue weighted by Gasteiger charge is -2.05. The Labute approximate surface area is 136 Å². The summed E-state index contributed by atoms with van der Waals surface area (Å²) in [6.07, 6.45) is 11.4. The van der Waals surface area contributed by atoms with Crippen molar-refractivity contribution in [1.29, 1.82) is 0 Å². The van der Waals surface area contributed by atoms with Gasteiger partial charge in [-0.3, -0.25) is 9.97 Å². The summed E-state index contributed by atoms with van der Waals surface area (Å²) in [5, 5.41) is 1.13. The van der Waals surface area contributed by atoms with E-state index in [1.807, 2.05) is 18.5 Å². The van der Waals surface area contributed by atoms with Gasteiger partial charge in [-0.2, -0.15) is 0 Å². The lowest BCUT2D eigenvalue weighted by atomic mass is 10.0. The highest BCUT2D eigenvalue weighted by molar-refractivity contribution is 9.09. The zero-order chi connectivity index (χ0) is 14.9. The molecule has 0 aliphatic rings.